The molecule has 0 spiro atoms. The minimum Gasteiger partial charge on any atom is -0.497 e. The van der Waals surface area contributed by atoms with E-state index in [1.807, 2.05) is 129 Å². The summed E-state index contributed by atoms with van der Waals surface area (Å²) in [5.74, 6) is -2.02. The van der Waals surface area contributed by atoms with Crippen molar-refractivity contribution < 1.29 is 38.3 Å². The van der Waals surface area contributed by atoms with Crippen LogP contribution in [0.15, 0.2) is 97.1 Å². The van der Waals surface area contributed by atoms with Gasteiger partial charge in [0, 0.05) is 43.6 Å². The van der Waals surface area contributed by atoms with Crippen LogP contribution in [-0.4, -0.2) is 113 Å². The van der Waals surface area contributed by atoms with Gasteiger partial charge in [-0.2, -0.15) is 0 Å². The minimum absolute atomic E-state index is 0.0388. The highest BCUT2D eigenvalue weighted by atomic mass is 16.5. The Morgan fingerprint density at radius 3 is 1.97 bits per heavy atom. The summed E-state index contributed by atoms with van der Waals surface area (Å²) in [6.45, 7) is 19.1. The second-order valence-corrected chi connectivity index (χ2v) is 24.1. The summed E-state index contributed by atoms with van der Waals surface area (Å²) < 4.78 is 5.61. The van der Waals surface area contributed by atoms with E-state index in [2.05, 4.69) is 32.7 Å². The largest absolute Gasteiger partial charge is 0.497 e. The van der Waals surface area contributed by atoms with Crippen LogP contribution in [0.25, 0.3) is 0 Å². The third kappa shape index (κ3) is 14.0. The monoisotopic (exact) mass is 1080 g/mol. The van der Waals surface area contributed by atoms with Gasteiger partial charge in [0.2, 0.25) is 35.4 Å². The zero-order valence-electron chi connectivity index (χ0n) is 48.4. The number of carbonyl (C=O) groups excluding carboxylic acids is 7. The molecular weight excluding hydrogens is 997 g/mol. The van der Waals surface area contributed by atoms with Crippen molar-refractivity contribution in [1.82, 2.24) is 41.3 Å². The number of nitrogens with one attached hydrogen (secondary N) is 5. The van der Waals surface area contributed by atoms with E-state index in [-0.39, 0.29) is 74.0 Å². The Labute approximate surface area is 467 Å². The number of hydrogen-bond acceptors (Lipinski definition) is 9. The molecule has 7 amide bonds. The third-order valence-corrected chi connectivity index (χ3v) is 16.3. The highest BCUT2D eigenvalue weighted by molar-refractivity contribution is 5.97. The molecule has 79 heavy (non-hydrogen) atoms. The van der Waals surface area contributed by atoms with Gasteiger partial charge in [-0.05, 0) is 121 Å². The first kappa shape index (κ1) is 59.6. The van der Waals surface area contributed by atoms with Crippen LogP contribution in [0, 0.1) is 16.7 Å². The molecule has 1 unspecified atom stereocenters. The SMILES string of the molecule is CC[C@@H](C)C(=O)N[C@H](C(=O)N1Cc2ccccc2C[C@H]1C(=O)N(Cc1ccc(C(=O)NC2C[C@@H](C(=O)N[C@@H]3CCCc4ccccc43)N(C(=O)[C@@H](NC(=O)[C@H](C)NC)C(C)(C)C)C2)cc1)[C@H](C)c1cccc(OC)c1)C(C)(C)C. The number of aryl methyl sites for hydroxylation is 1. The predicted octanol–water partition coefficient (Wildman–Crippen LogP) is 7.35. The predicted molar refractivity (Wildman–Crippen MR) is 305 cm³/mol. The molecule has 1 aliphatic carbocycles. The summed E-state index contributed by atoms with van der Waals surface area (Å²) in [7, 11) is 3.26. The lowest BCUT2D eigenvalue weighted by Crippen LogP contribution is -2.61. The van der Waals surface area contributed by atoms with E-state index in [1.165, 1.54) is 10.5 Å². The van der Waals surface area contributed by atoms with Crippen LogP contribution in [-0.2, 0) is 54.7 Å². The maximum atomic E-state index is 15.6. The van der Waals surface area contributed by atoms with Crippen molar-refractivity contribution in [2.24, 2.45) is 16.7 Å². The van der Waals surface area contributed by atoms with Gasteiger partial charge < -0.3 is 46.0 Å². The van der Waals surface area contributed by atoms with Crippen molar-refractivity contribution in [2.75, 3.05) is 20.7 Å². The molecule has 16 heteroatoms. The summed E-state index contributed by atoms with van der Waals surface area (Å²) in [5, 5.41) is 15.3. The van der Waals surface area contributed by atoms with E-state index < -0.39 is 64.9 Å². The van der Waals surface area contributed by atoms with Crippen LogP contribution in [0.4, 0.5) is 0 Å². The first-order chi connectivity index (χ1) is 37.4. The Kier molecular flexibility index (Phi) is 19.1. The number of fused-ring (bicyclic) bond motifs is 2. The zero-order chi connectivity index (χ0) is 57.5. The number of benzene rings is 4. The van der Waals surface area contributed by atoms with Gasteiger partial charge in [0.1, 0.15) is 29.9 Å². The summed E-state index contributed by atoms with van der Waals surface area (Å²) in [5.41, 5.74) is 4.59. The number of methoxy groups -OCH3 is 1. The number of likely N-dealkylation sites (N-methyl/N-ethyl adjacent to an activating group) is 1. The van der Waals surface area contributed by atoms with Gasteiger partial charge in [0.25, 0.3) is 5.91 Å². The van der Waals surface area contributed by atoms with Crippen molar-refractivity contribution in [1.29, 1.82) is 0 Å². The summed E-state index contributed by atoms with van der Waals surface area (Å²) >= 11 is 0. The molecule has 0 aromatic heterocycles. The second-order valence-electron chi connectivity index (χ2n) is 24.1. The number of amides is 7. The van der Waals surface area contributed by atoms with Gasteiger partial charge in [0.15, 0.2) is 0 Å². The van der Waals surface area contributed by atoms with Gasteiger partial charge >= 0.3 is 0 Å². The molecule has 9 atom stereocenters. The Balaban J connectivity index is 1.15. The number of hydrogen-bond donors (Lipinski definition) is 5. The Morgan fingerprint density at radius 2 is 1.34 bits per heavy atom. The minimum atomic E-state index is -0.971. The first-order valence-corrected chi connectivity index (χ1v) is 28.1. The zero-order valence-corrected chi connectivity index (χ0v) is 48.4. The van der Waals surface area contributed by atoms with Crippen molar-refractivity contribution in [2.45, 2.75) is 169 Å². The maximum Gasteiger partial charge on any atom is 0.251 e. The van der Waals surface area contributed by atoms with E-state index in [4.69, 9.17) is 4.74 Å². The molecule has 4 aromatic rings. The fourth-order valence-electron chi connectivity index (χ4n) is 11.0. The first-order valence-electron chi connectivity index (χ1n) is 28.1. The van der Waals surface area contributed by atoms with E-state index in [9.17, 15) is 24.0 Å². The topological polar surface area (TPSA) is 199 Å². The van der Waals surface area contributed by atoms with Crippen molar-refractivity contribution >= 4 is 41.4 Å². The lowest BCUT2D eigenvalue weighted by atomic mass is 9.83. The number of ether oxygens (including phenoxy) is 1. The molecule has 1 saturated heterocycles. The highest BCUT2D eigenvalue weighted by Gasteiger charge is 2.47. The summed E-state index contributed by atoms with van der Waals surface area (Å²) in [6.07, 6.45) is 3.59. The number of nitrogens with zero attached hydrogens (tertiary/aromatic N) is 3. The summed E-state index contributed by atoms with van der Waals surface area (Å²) in [4.78, 5) is 106. The number of rotatable bonds is 18. The standard InChI is InChI=1S/C63H84N8O8/c1-13-38(2)55(72)67-53(62(5,6)7)60(77)70-36-46-22-15-14-21-45(46)33-52(70)59(76)69(40(4)44-24-18-25-48(32-44)79-12)35-41-28-30-43(31-29-41)57(74)65-47-34-51(58(75)66-50-27-19-23-42-20-16-17-26-49(42)50)71(37-47)61(78)54(63(8,9)10)68-56(73)39(3)64-11/h14-18,20-22,24-26,28-32,38-40,47,50-54,64H,13,19,23,27,33-37H2,1-12H3,(H,65,74)(H,66,75)(H,67,72)(H,68,73)/t38-,39+,40-,47?,50-,51+,52+,53-,54-/m1/s1. The molecule has 2 heterocycles. The average molecular weight is 1080 g/mol. The van der Waals surface area contributed by atoms with Crippen molar-refractivity contribution in [3.63, 3.8) is 0 Å². The summed E-state index contributed by atoms with van der Waals surface area (Å²) in [6, 6.07) is 24.8. The van der Waals surface area contributed by atoms with Crippen molar-refractivity contribution in [3.05, 3.63) is 136 Å². The van der Waals surface area contributed by atoms with Gasteiger partial charge in [-0.1, -0.05) is 128 Å². The number of likely N-dealkylation sites (tertiary alicyclic amines) is 1. The van der Waals surface area contributed by atoms with Gasteiger partial charge in [0.05, 0.1) is 25.2 Å². The lowest BCUT2D eigenvalue weighted by molar-refractivity contribution is -0.152. The van der Waals surface area contributed by atoms with Crippen LogP contribution >= 0.6 is 0 Å². The highest BCUT2D eigenvalue weighted by Crippen LogP contribution is 2.35. The molecule has 4 aromatic carbocycles. The van der Waals surface area contributed by atoms with E-state index in [1.54, 1.807) is 55.1 Å². The molecule has 16 nitrogen and oxygen atoms in total. The molecule has 1 fully saturated rings. The third-order valence-electron chi connectivity index (χ3n) is 16.3. The lowest BCUT2D eigenvalue weighted by Gasteiger charge is -2.43. The Bertz CT molecular complexity index is 2860. The maximum absolute atomic E-state index is 15.6. The quantitative estimate of drug-likeness (QED) is 0.0677. The van der Waals surface area contributed by atoms with Gasteiger partial charge in [-0.3, -0.25) is 33.6 Å². The fourth-order valence-corrected chi connectivity index (χ4v) is 11.0. The van der Waals surface area contributed by atoms with E-state index in [0.29, 0.717) is 17.7 Å². The molecule has 424 valence electrons. The molecule has 0 saturated carbocycles. The molecular formula is C63H84N8O8. The molecule has 2 aliphatic heterocycles. The molecule has 3 aliphatic rings. The molecule has 5 N–H and O–H groups in total. The number of carbonyl (C=O) groups is 7. The second kappa shape index (κ2) is 25.4. The Morgan fingerprint density at radius 1 is 0.722 bits per heavy atom. The van der Waals surface area contributed by atoms with E-state index in [0.717, 1.165) is 47.1 Å². The van der Waals surface area contributed by atoms with Crippen LogP contribution in [0.1, 0.15) is 151 Å². The normalized spacial score (nSPS) is 20.0. The van der Waals surface area contributed by atoms with Crippen LogP contribution in [0.2, 0.25) is 0 Å². The van der Waals surface area contributed by atoms with Crippen LogP contribution < -0.4 is 31.3 Å². The van der Waals surface area contributed by atoms with Gasteiger partial charge in [-0.15, -0.1) is 0 Å². The van der Waals surface area contributed by atoms with Crippen LogP contribution in [0.5, 0.6) is 5.75 Å². The fraction of sp³-hybridized carbons (Fsp3) is 0.508. The molecule has 0 bridgehead atoms. The van der Waals surface area contributed by atoms with E-state index >= 15 is 9.59 Å². The van der Waals surface area contributed by atoms with Gasteiger partial charge in [-0.25, -0.2) is 0 Å². The van der Waals surface area contributed by atoms with Crippen molar-refractivity contribution in [3.8, 4) is 5.75 Å². The molecule has 7 rings (SSSR count). The molecule has 0 radical (unpaired) electrons. The van der Waals surface area contributed by atoms with Crippen LogP contribution in [0.3, 0.4) is 0 Å². The average Bonchev–Trinajstić information content (AvgIpc) is 3.99. The smallest absolute Gasteiger partial charge is 0.251 e. The Hall–Kier alpha value is -7.07.